The van der Waals surface area contributed by atoms with Crippen LogP contribution in [0.25, 0.3) is 21.6 Å². The van der Waals surface area contributed by atoms with Crippen LogP contribution in [-0.4, -0.2) is 27.1 Å². The Bertz CT molecular complexity index is 1120. The highest BCUT2D eigenvalue weighted by Gasteiger charge is 2.21. The smallest absolute Gasteiger partial charge is 0.326 e. The maximum atomic E-state index is 11.9. The van der Waals surface area contributed by atoms with E-state index in [4.69, 9.17) is 0 Å². The largest absolute Gasteiger partial charge is 0.480 e. The molecular weight excluding hydrogens is 485 g/mol. The molecule has 2 aromatic carbocycles. The molecule has 0 spiro atoms. The van der Waals surface area contributed by atoms with Crippen molar-refractivity contribution >= 4 is 55.9 Å². The average molecular weight is 501 g/mol. The third-order valence-electron chi connectivity index (χ3n) is 4.29. The van der Waals surface area contributed by atoms with Gasteiger partial charge < -0.3 is 10.4 Å². The fraction of sp³-hybridized carbons (Fsp3) is 0.0952. The summed E-state index contributed by atoms with van der Waals surface area (Å²) in [6.07, 6.45) is 0.365. The summed E-state index contributed by atoms with van der Waals surface area (Å²) in [5.74, 6) is 0.214. The molecule has 0 saturated heterocycles. The van der Waals surface area contributed by atoms with Gasteiger partial charge in [0.1, 0.15) is 16.7 Å². The van der Waals surface area contributed by atoms with E-state index in [1.54, 1.807) is 11.3 Å². The van der Waals surface area contributed by atoms with Crippen LogP contribution in [0, 0.1) is 2.88 Å². The predicted molar refractivity (Wildman–Crippen MR) is 121 cm³/mol. The van der Waals surface area contributed by atoms with Crippen molar-refractivity contribution in [1.82, 2.24) is 9.97 Å². The van der Waals surface area contributed by atoms with Crippen LogP contribution in [0.2, 0.25) is 0 Å². The number of halogens is 1. The number of rotatable bonds is 6. The molecule has 0 aliphatic carbocycles. The van der Waals surface area contributed by atoms with E-state index in [2.05, 4.69) is 37.9 Å². The maximum absolute atomic E-state index is 11.9. The highest BCUT2D eigenvalue weighted by Crippen LogP contribution is 2.32. The van der Waals surface area contributed by atoms with Crippen LogP contribution in [0.3, 0.4) is 0 Å². The van der Waals surface area contributed by atoms with Crippen LogP contribution in [-0.2, 0) is 11.2 Å². The van der Waals surface area contributed by atoms with Crippen molar-refractivity contribution in [2.75, 3.05) is 5.32 Å². The summed E-state index contributed by atoms with van der Waals surface area (Å²) < 4.78 is 1.07. The van der Waals surface area contributed by atoms with Gasteiger partial charge in [0.2, 0.25) is 0 Å². The van der Waals surface area contributed by atoms with Crippen LogP contribution in [0.1, 0.15) is 5.56 Å². The number of anilines is 1. The highest BCUT2D eigenvalue weighted by molar-refractivity contribution is 14.1. The van der Waals surface area contributed by atoms with Crippen molar-refractivity contribution in [3.05, 3.63) is 75.2 Å². The van der Waals surface area contributed by atoms with E-state index in [9.17, 15) is 9.90 Å². The van der Waals surface area contributed by atoms with Gasteiger partial charge >= 0.3 is 5.97 Å². The van der Waals surface area contributed by atoms with E-state index in [1.807, 2.05) is 66.7 Å². The molecule has 2 aromatic heterocycles. The van der Waals surface area contributed by atoms with E-state index < -0.39 is 12.0 Å². The average Bonchev–Trinajstić information content (AvgIpc) is 3.09. The number of carbonyl (C=O) groups is 1. The van der Waals surface area contributed by atoms with Gasteiger partial charge in [0.25, 0.3) is 0 Å². The molecule has 5 nitrogen and oxygen atoms in total. The normalized spacial score (nSPS) is 12.0. The van der Waals surface area contributed by atoms with Crippen molar-refractivity contribution < 1.29 is 9.90 Å². The number of hydrogen-bond acceptors (Lipinski definition) is 5. The zero-order valence-corrected chi connectivity index (χ0v) is 17.6. The minimum absolute atomic E-state index is 0.365. The number of nitrogens with zero attached hydrogens (tertiary/aromatic N) is 2. The Morgan fingerprint density at radius 2 is 1.75 bits per heavy atom. The zero-order valence-electron chi connectivity index (χ0n) is 14.7. The molecule has 0 unspecified atom stereocenters. The Balaban J connectivity index is 1.74. The summed E-state index contributed by atoms with van der Waals surface area (Å²) in [6.45, 7) is 0. The standard InChI is InChI=1S/C21H16IN3O2S/c22-17-12-15-19(23-16(21(26)27)11-13-7-3-1-4-8-13)24-18(25-20(15)28-17)14-9-5-2-6-10-14/h1-10,12,16H,11H2,(H,26,27)(H,23,24,25)/t16-/m0/s1. The number of hydrogen-bond donors (Lipinski definition) is 2. The molecule has 0 amide bonds. The highest BCUT2D eigenvalue weighted by atomic mass is 127. The van der Waals surface area contributed by atoms with Crippen LogP contribution >= 0.6 is 33.9 Å². The lowest BCUT2D eigenvalue weighted by atomic mass is 10.1. The lowest BCUT2D eigenvalue weighted by Crippen LogP contribution is -2.32. The van der Waals surface area contributed by atoms with Crippen molar-refractivity contribution in [2.24, 2.45) is 0 Å². The first-order valence-corrected chi connectivity index (χ1v) is 10.6. The maximum Gasteiger partial charge on any atom is 0.326 e. The molecule has 0 saturated carbocycles. The molecule has 4 rings (SSSR count). The summed E-state index contributed by atoms with van der Waals surface area (Å²) >= 11 is 3.81. The number of carboxylic acid groups (broad SMARTS) is 1. The van der Waals surface area contributed by atoms with Gasteiger partial charge in [0.15, 0.2) is 5.82 Å². The number of aromatic nitrogens is 2. The molecule has 0 radical (unpaired) electrons. The summed E-state index contributed by atoms with van der Waals surface area (Å²) in [5.41, 5.74) is 1.85. The summed E-state index contributed by atoms with van der Waals surface area (Å²) in [4.78, 5) is 22.1. The van der Waals surface area contributed by atoms with Gasteiger partial charge in [-0.15, -0.1) is 11.3 Å². The second-order valence-corrected chi connectivity index (χ2v) is 9.18. The Hall–Kier alpha value is -2.52. The second-order valence-electron chi connectivity index (χ2n) is 6.26. The Morgan fingerprint density at radius 1 is 1.07 bits per heavy atom. The van der Waals surface area contributed by atoms with Crippen molar-refractivity contribution in [3.63, 3.8) is 0 Å². The topological polar surface area (TPSA) is 75.1 Å². The molecule has 0 aliphatic rings. The molecule has 0 fully saturated rings. The first-order valence-electron chi connectivity index (χ1n) is 8.66. The Morgan fingerprint density at radius 3 is 2.43 bits per heavy atom. The van der Waals surface area contributed by atoms with Gasteiger partial charge in [0.05, 0.1) is 8.27 Å². The van der Waals surface area contributed by atoms with Gasteiger partial charge in [-0.3, -0.25) is 0 Å². The van der Waals surface area contributed by atoms with E-state index in [0.29, 0.717) is 18.1 Å². The first-order chi connectivity index (χ1) is 13.6. The molecule has 0 bridgehead atoms. The van der Waals surface area contributed by atoms with Crippen LogP contribution in [0.5, 0.6) is 0 Å². The van der Waals surface area contributed by atoms with Gasteiger partial charge in [-0.25, -0.2) is 14.8 Å². The number of fused-ring (bicyclic) bond motifs is 1. The molecule has 28 heavy (non-hydrogen) atoms. The molecule has 2 N–H and O–H groups in total. The number of carboxylic acids is 1. The molecule has 7 heteroatoms. The van der Waals surface area contributed by atoms with E-state index in [-0.39, 0.29) is 0 Å². The van der Waals surface area contributed by atoms with E-state index >= 15 is 0 Å². The fourth-order valence-corrected chi connectivity index (χ4v) is 4.63. The Labute approximate surface area is 179 Å². The Kier molecular flexibility index (Phi) is 5.54. The third kappa shape index (κ3) is 4.15. The zero-order chi connectivity index (χ0) is 19.5. The van der Waals surface area contributed by atoms with Crippen LogP contribution in [0.15, 0.2) is 66.7 Å². The van der Waals surface area contributed by atoms with Crippen LogP contribution < -0.4 is 5.32 Å². The number of nitrogens with one attached hydrogen (secondary N) is 1. The first kappa shape index (κ1) is 18.8. The molecule has 1 atom stereocenters. The second kappa shape index (κ2) is 8.24. The summed E-state index contributed by atoms with van der Waals surface area (Å²) in [6, 6.07) is 20.5. The predicted octanol–water partition coefficient (Wildman–Crippen LogP) is 5.07. The van der Waals surface area contributed by atoms with E-state index in [1.165, 1.54) is 0 Å². The number of benzene rings is 2. The van der Waals surface area contributed by atoms with Gasteiger partial charge in [-0.05, 0) is 34.2 Å². The van der Waals surface area contributed by atoms with Crippen molar-refractivity contribution in [3.8, 4) is 11.4 Å². The number of thiophene rings is 1. The van der Waals surface area contributed by atoms with E-state index in [0.717, 1.165) is 24.2 Å². The fourth-order valence-electron chi connectivity index (χ4n) is 2.93. The summed E-state index contributed by atoms with van der Waals surface area (Å²) in [7, 11) is 0. The molecule has 0 aliphatic heterocycles. The minimum Gasteiger partial charge on any atom is -0.480 e. The van der Waals surface area contributed by atoms with Crippen molar-refractivity contribution in [2.45, 2.75) is 12.5 Å². The summed E-state index contributed by atoms with van der Waals surface area (Å²) in [5, 5.41) is 13.7. The minimum atomic E-state index is -0.915. The quantitative estimate of drug-likeness (QED) is 0.361. The third-order valence-corrected chi connectivity index (χ3v) is 6.08. The molecule has 140 valence electrons. The van der Waals surface area contributed by atoms with Crippen LogP contribution in [0.4, 0.5) is 5.82 Å². The van der Waals surface area contributed by atoms with Gasteiger partial charge in [-0.1, -0.05) is 60.7 Å². The molecule has 4 aromatic rings. The van der Waals surface area contributed by atoms with Crippen molar-refractivity contribution in [1.29, 1.82) is 0 Å². The lowest BCUT2D eigenvalue weighted by molar-refractivity contribution is -0.137. The molecule has 2 heterocycles. The lowest BCUT2D eigenvalue weighted by Gasteiger charge is -2.16. The SMILES string of the molecule is O=C(O)[C@H](Cc1ccccc1)Nc1nc(-c2ccccc2)nc2sc(I)cc12. The van der Waals surface area contributed by atoms with Gasteiger partial charge in [0, 0.05) is 12.0 Å². The number of aliphatic carboxylic acids is 1. The monoisotopic (exact) mass is 501 g/mol. The molecular formula is C21H16IN3O2S. The van der Waals surface area contributed by atoms with Gasteiger partial charge in [-0.2, -0.15) is 0 Å².